The molecule has 0 aliphatic carbocycles. The average molecular weight is 212 g/mol. The lowest BCUT2D eigenvalue weighted by molar-refractivity contribution is -0.385. The fourth-order valence-electron chi connectivity index (χ4n) is 1.02. The molecule has 0 saturated heterocycles. The first-order valence-electron chi connectivity index (χ1n) is 4.40. The molecule has 0 atom stereocenters. The molecular formula is C8H12N4O3. The standard InChI is InChI=1S/C8H12N4O3/c1-5(2)15-8-6(12(13)14)7(9-3)10-4-11-8/h4-5H,1-3H3,(H,9,10,11). The number of hydrogen-bond donors (Lipinski definition) is 1. The Hall–Kier alpha value is -1.92. The number of nitrogens with one attached hydrogen (secondary N) is 1. The van der Waals surface area contributed by atoms with Crippen LogP contribution in [0.4, 0.5) is 11.5 Å². The summed E-state index contributed by atoms with van der Waals surface area (Å²) in [6, 6.07) is 0. The summed E-state index contributed by atoms with van der Waals surface area (Å²) in [6.45, 7) is 3.54. The molecule has 0 saturated carbocycles. The third kappa shape index (κ3) is 2.52. The van der Waals surface area contributed by atoms with Gasteiger partial charge in [-0.25, -0.2) is 4.98 Å². The van der Waals surface area contributed by atoms with Crippen LogP contribution < -0.4 is 10.1 Å². The molecule has 0 radical (unpaired) electrons. The highest BCUT2D eigenvalue weighted by Gasteiger charge is 2.24. The average Bonchev–Trinajstić information content (AvgIpc) is 2.15. The number of aromatic nitrogens is 2. The fraction of sp³-hybridized carbons (Fsp3) is 0.500. The summed E-state index contributed by atoms with van der Waals surface area (Å²) in [7, 11) is 1.55. The molecular weight excluding hydrogens is 200 g/mol. The molecule has 0 aliphatic heterocycles. The van der Waals surface area contributed by atoms with Crippen LogP contribution in [0.1, 0.15) is 13.8 Å². The number of hydrogen-bond acceptors (Lipinski definition) is 6. The highest BCUT2D eigenvalue weighted by Crippen LogP contribution is 2.30. The van der Waals surface area contributed by atoms with Gasteiger partial charge in [-0.15, -0.1) is 0 Å². The van der Waals surface area contributed by atoms with Crippen LogP contribution >= 0.6 is 0 Å². The van der Waals surface area contributed by atoms with Gasteiger partial charge in [-0.05, 0) is 13.8 Å². The van der Waals surface area contributed by atoms with E-state index in [0.29, 0.717) is 0 Å². The molecule has 7 nitrogen and oxygen atoms in total. The molecule has 1 aromatic rings. The zero-order chi connectivity index (χ0) is 11.4. The van der Waals surface area contributed by atoms with E-state index in [9.17, 15) is 10.1 Å². The molecule has 0 spiro atoms. The third-order valence-electron chi connectivity index (χ3n) is 1.56. The largest absolute Gasteiger partial charge is 0.470 e. The van der Waals surface area contributed by atoms with E-state index in [1.54, 1.807) is 20.9 Å². The lowest BCUT2D eigenvalue weighted by atomic mass is 10.4. The zero-order valence-electron chi connectivity index (χ0n) is 8.72. The number of ether oxygens (including phenoxy) is 1. The van der Waals surface area contributed by atoms with Crippen molar-refractivity contribution in [3.63, 3.8) is 0 Å². The van der Waals surface area contributed by atoms with Crippen molar-refractivity contribution in [2.24, 2.45) is 0 Å². The smallest absolute Gasteiger partial charge is 0.372 e. The second kappa shape index (κ2) is 4.54. The summed E-state index contributed by atoms with van der Waals surface area (Å²) in [4.78, 5) is 17.7. The van der Waals surface area contributed by atoms with Crippen LogP contribution in [0.2, 0.25) is 0 Å². The van der Waals surface area contributed by atoms with Gasteiger partial charge in [-0.2, -0.15) is 4.98 Å². The number of nitrogens with zero attached hydrogens (tertiary/aromatic N) is 3. The molecule has 1 heterocycles. The quantitative estimate of drug-likeness (QED) is 0.596. The van der Waals surface area contributed by atoms with Crippen LogP contribution in [0, 0.1) is 10.1 Å². The molecule has 1 rings (SSSR count). The summed E-state index contributed by atoms with van der Waals surface area (Å²) in [5, 5.41) is 13.4. The summed E-state index contributed by atoms with van der Waals surface area (Å²) < 4.78 is 5.22. The van der Waals surface area contributed by atoms with Gasteiger partial charge in [0.15, 0.2) is 0 Å². The van der Waals surface area contributed by atoms with E-state index in [4.69, 9.17) is 4.74 Å². The minimum absolute atomic E-state index is 0.0191. The van der Waals surface area contributed by atoms with Crippen LogP contribution in [0.5, 0.6) is 5.88 Å². The van der Waals surface area contributed by atoms with Gasteiger partial charge < -0.3 is 10.1 Å². The Balaban J connectivity index is 3.19. The van der Waals surface area contributed by atoms with E-state index >= 15 is 0 Å². The van der Waals surface area contributed by atoms with E-state index in [2.05, 4.69) is 15.3 Å². The van der Waals surface area contributed by atoms with Crippen molar-refractivity contribution in [3.8, 4) is 5.88 Å². The van der Waals surface area contributed by atoms with Crippen LogP contribution in [-0.2, 0) is 0 Å². The second-order valence-corrected chi connectivity index (χ2v) is 3.05. The van der Waals surface area contributed by atoms with E-state index in [0.717, 1.165) is 0 Å². The minimum atomic E-state index is -0.566. The van der Waals surface area contributed by atoms with E-state index < -0.39 is 4.92 Å². The molecule has 0 fully saturated rings. The van der Waals surface area contributed by atoms with Gasteiger partial charge in [-0.1, -0.05) is 0 Å². The van der Waals surface area contributed by atoms with Gasteiger partial charge in [-0.3, -0.25) is 10.1 Å². The fourth-order valence-corrected chi connectivity index (χ4v) is 1.02. The summed E-state index contributed by atoms with van der Waals surface area (Å²) in [5.74, 6) is 0.125. The maximum Gasteiger partial charge on any atom is 0.372 e. The number of anilines is 1. The maximum absolute atomic E-state index is 10.8. The summed E-state index contributed by atoms with van der Waals surface area (Å²) >= 11 is 0. The molecule has 0 amide bonds. The lowest BCUT2D eigenvalue weighted by Gasteiger charge is -2.09. The van der Waals surface area contributed by atoms with Crippen molar-refractivity contribution in [2.45, 2.75) is 20.0 Å². The Kier molecular flexibility index (Phi) is 3.37. The molecule has 0 aliphatic rings. The topological polar surface area (TPSA) is 90.2 Å². The number of rotatable bonds is 4. The summed E-state index contributed by atoms with van der Waals surface area (Å²) in [6.07, 6.45) is 1.04. The van der Waals surface area contributed by atoms with Gasteiger partial charge in [0.1, 0.15) is 6.33 Å². The molecule has 0 aromatic carbocycles. The third-order valence-corrected chi connectivity index (χ3v) is 1.56. The molecule has 1 N–H and O–H groups in total. The zero-order valence-corrected chi connectivity index (χ0v) is 8.72. The van der Waals surface area contributed by atoms with Crippen LogP contribution in [-0.4, -0.2) is 28.0 Å². The van der Waals surface area contributed by atoms with Crippen molar-refractivity contribution in [2.75, 3.05) is 12.4 Å². The van der Waals surface area contributed by atoms with Crippen molar-refractivity contribution in [1.82, 2.24) is 9.97 Å². The number of nitro groups is 1. The minimum Gasteiger partial charge on any atom is -0.470 e. The monoisotopic (exact) mass is 212 g/mol. The molecule has 15 heavy (non-hydrogen) atoms. The van der Waals surface area contributed by atoms with Gasteiger partial charge in [0, 0.05) is 7.05 Å². The Morgan fingerprint density at radius 2 is 2.20 bits per heavy atom. The lowest BCUT2D eigenvalue weighted by Crippen LogP contribution is -2.10. The van der Waals surface area contributed by atoms with E-state index in [-0.39, 0.29) is 23.5 Å². The van der Waals surface area contributed by atoms with E-state index in [1.165, 1.54) is 6.33 Å². The van der Waals surface area contributed by atoms with Crippen LogP contribution in [0.25, 0.3) is 0 Å². The van der Waals surface area contributed by atoms with Gasteiger partial charge >= 0.3 is 5.69 Å². The maximum atomic E-state index is 10.8. The molecule has 7 heteroatoms. The molecule has 1 aromatic heterocycles. The predicted molar refractivity (Wildman–Crippen MR) is 54.0 cm³/mol. The first kappa shape index (κ1) is 11.2. The van der Waals surface area contributed by atoms with Gasteiger partial charge in [0.05, 0.1) is 11.0 Å². The first-order chi connectivity index (χ1) is 7.06. The highest BCUT2D eigenvalue weighted by molar-refractivity contribution is 5.60. The summed E-state index contributed by atoms with van der Waals surface area (Å²) in [5.41, 5.74) is -0.242. The van der Waals surface area contributed by atoms with Crippen LogP contribution in [0.3, 0.4) is 0 Å². The van der Waals surface area contributed by atoms with Crippen molar-refractivity contribution < 1.29 is 9.66 Å². The van der Waals surface area contributed by atoms with Crippen molar-refractivity contribution in [1.29, 1.82) is 0 Å². The molecule has 82 valence electrons. The normalized spacial score (nSPS) is 10.1. The SMILES string of the molecule is CNc1ncnc(OC(C)C)c1[N+](=O)[O-]. The van der Waals surface area contributed by atoms with Crippen LogP contribution in [0.15, 0.2) is 6.33 Å². The Bertz CT molecular complexity index is 367. The Morgan fingerprint density at radius 3 is 2.67 bits per heavy atom. The van der Waals surface area contributed by atoms with E-state index in [1.807, 2.05) is 0 Å². The first-order valence-corrected chi connectivity index (χ1v) is 4.40. The molecule has 0 unspecified atom stereocenters. The van der Waals surface area contributed by atoms with Gasteiger partial charge in [0.25, 0.3) is 5.88 Å². The van der Waals surface area contributed by atoms with Crippen molar-refractivity contribution in [3.05, 3.63) is 16.4 Å². The Labute approximate surface area is 86.6 Å². The molecule has 0 bridgehead atoms. The van der Waals surface area contributed by atoms with Crippen molar-refractivity contribution >= 4 is 11.5 Å². The van der Waals surface area contributed by atoms with Gasteiger partial charge in [0.2, 0.25) is 5.82 Å². The highest BCUT2D eigenvalue weighted by atomic mass is 16.6. The second-order valence-electron chi connectivity index (χ2n) is 3.05. The Morgan fingerprint density at radius 1 is 1.53 bits per heavy atom. The predicted octanol–water partition coefficient (Wildman–Crippen LogP) is 1.21.